The average molecular weight is 439 g/mol. The SMILES string of the molecule is Cc1ccc(N2C(=O)CCS2(=O)=O)cc1S(=O)(=O)Nc1ccc(OC(C)C)cc1. The quantitative estimate of drug-likeness (QED) is 0.742. The molecule has 1 aliphatic rings. The number of amides is 1. The number of benzene rings is 2. The van der Waals surface area contributed by atoms with E-state index in [-0.39, 0.29) is 28.9 Å². The van der Waals surface area contributed by atoms with E-state index in [1.807, 2.05) is 13.8 Å². The number of rotatable bonds is 6. The van der Waals surface area contributed by atoms with Crippen LogP contribution in [-0.2, 0) is 24.8 Å². The van der Waals surface area contributed by atoms with Gasteiger partial charge in [-0.25, -0.2) is 21.1 Å². The van der Waals surface area contributed by atoms with Gasteiger partial charge in [0.25, 0.3) is 10.0 Å². The number of carbonyl (C=O) groups excluding carboxylic acids is 1. The van der Waals surface area contributed by atoms with Crippen LogP contribution in [0.5, 0.6) is 5.75 Å². The number of carbonyl (C=O) groups is 1. The molecule has 0 radical (unpaired) electrons. The Morgan fingerprint density at radius 1 is 1.10 bits per heavy atom. The molecule has 156 valence electrons. The molecule has 2 aromatic carbocycles. The topological polar surface area (TPSA) is 110 Å². The fraction of sp³-hybridized carbons (Fsp3) is 0.316. The van der Waals surface area contributed by atoms with Crippen molar-refractivity contribution in [1.82, 2.24) is 0 Å². The maximum absolute atomic E-state index is 12.9. The molecule has 0 aromatic heterocycles. The number of nitrogens with one attached hydrogen (secondary N) is 1. The van der Waals surface area contributed by atoms with Crippen molar-refractivity contribution in [3.05, 3.63) is 48.0 Å². The van der Waals surface area contributed by atoms with Crippen LogP contribution >= 0.6 is 0 Å². The van der Waals surface area contributed by atoms with Gasteiger partial charge in [0.1, 0.15) is 5.75 Å². The number of nitrogens with zero attached hydrogens (tertiary/aromatic N) is 1. The molecule has 1 heterocycles. The molecule has 0 atom stereocenters. The monoisotopic (exact) mass is 438 g/mol. The first-order valence-electron chi connectivity index (χ1n) is 8.95. The lowest BCUT2D eigenvalue weighted by molar-refractivity contribution is -0.116. The molecular weight excluding hydrogens is 416 g/mol. The Kier molecular flexibility index (Phi) is 5.59. The fourth-order valence-corrected chi connectivity index (χ4v) is 5.73. The summed E-state index contributed by atoms with van der Waals surface area (Å²) in [7, 11) is -7.79. The van der Waals surface area contributed by atoms with Gasteiger partial charge in [0, 0.05) is 12.1 Å². The third-order valence-corrected chi connectivity index (χ3v) is 7.47. The van der Waals surface area contributed by atoms with Gasteiger partial charge in [-0.05, 0) is 62.7 Å². The molecule has 0 bridgehead atoms. The minimum atomic E-state index is -4.01. The molecule has 0 spiro atoms. The maximum atomic E-state index is 12.9. The molecule has 1 saturated heterocycles. The molecule has 2 aromatic rings. The summed E-state index contributed by atoms with van der Waals surface area (Å²) in [6.45, 7) is 5.37. The zero-order valence-corrected chi connectivity index (χ0v) is 17.9. The third kappa shape index (κ3) is 4.54. The normalized spacial score (nSPS) is 16.3. The van der Waals surface area contributed by atoms with Gasteiger partial charge >= 0.3 is 0 Å². The second-order valence-electron chi connectivity index (χ2n) is 6.97. The van der Waals surface area contributed by atoms with E-state index < -0.39 is 26.0 Å². The van der Waals surface area contributed by atoms with Crippen molar-refractivity contribution in [2.75, 3.05) is 14.8 Å². The predicted molar refractivity (Wildman–Crippen MR) is 110 cm³/mol. The van der Waals surface area contributed by atoms with Crippen LogP contribution in [0.2, 0.25) is 0 Å². The van der Waals surface area contributed by atoms with Gasteiger partial charge in [0.15, 0.2) is 0 Å². The van der Waals surface area contributed by atoms with Crippen LogP contribution in [0.1, 0.15) is 25.8 Å². The van der Waals surface area contributed by atoms with Crippen molar-refractivity contribution in [3.63, 3.8) is 0 Å². The largest absolute Gasteiger partial charge is 0.491 e. The highest BCUT2D eigenvalue weighted by Crippen LogP contribution is 2.30. The average Bonchev–Trinajstić information content (AvgIpc) is 2.89. The molecule has 0 aliphatic carbocycles. The predicted octanol–water partition coefficient (Wildman–Crippen LogP) is 2.65. The van der Waals surface area contributed by atoms with Gasteiger partial charge in [0.05, 0.1) is 22.4 Å². The molecule has 29 heavy (non-hydrogen) atoms. The number of sulfonamides is 2. The van der Waals surface area contributed by atoms with Crippen molar-refractivity contribution < 1.29 is 26.4 Å². The van der Waals surface area contributed by atoms with Crippen molar-refractivity contribution >= 4 is 37.3 Å². The van der Waals surface area contributed by atoms with Crippen LogP contribution in [0.4, 0.5) is 11.4 Å². The molecule has 3 rings (SSSR count). The van der Waals surface area contributed by atoms with E-state index in [0.29, 0.717) is 21.3 Å². The summed E-state index contributed by atoms with van der Waals surface area (Å²) in [5.41, 5.74) is 0.764. The number of aryl methyl sites for hydroxylation is 1. The Morgan fingerprint density at radius 3 is 2.31 bits per heavy atom. The Hall–Kier alpha value is -2.59. The van der Waals surface area contributed by atoms with Crippen LogP contribution in [0, 0.1) is 6.92 Å². The maximum Gasteiger partial charge on any atom is 0.262 e. The highest BCUT2D eigenvalue weighted by Gasteiger charge is 2.37. The molecular formula is C19H22N2O6S2. The zero-order valence-electron chi connectivity index (χ0n) is 16.2. The zero-order chi connectivity index (χ0) is 21.4. The molecule has 8 nitrogen and oxygen atoms in total. The van der Waals surface area contributed by atoms with E-state index in [1.54, 1.807) is 31.2 Å². The highest BCUT2D eigenvalue weighted by atomic mass is 32.2. The number of hydrogen-bond donors (Lipinski definition) is 1. The summed E-state index contributed by atoms with van der Waals surface area (Å²) in [5.74, 6) is -0.255. The second kappa shape index (κ2) is 7.68. The molecule has 10 heteroatoms. The van der Waals surface area contributed by atoms with Gasteiger partial charge in [-0.15, -0.1) is 0 Å². The minimum Gasteiger partial charge on any atom is -0.491 e. The van der Waals surface area contributed by atoms with Gasteiger partial charge in [-0.1, -0.05) is 6.07 Å². The molecule has 1 fully saturated rings. The summed E-state index contributed by atoms with van der Waals surface area (Å²) < 4.78 is 58.8. The van der Waals surface area contributed by atoms with Crippen LogP contribution in [0.3, 0.4) is 0 Å². The summed E-state index contributed by atoms with van der Waals surface area (Å²) in [6.07, 6.45) is -0.131. The lowest BCUT2D eigenvalue weighted by Crippen LogP contribution is -2.29. The summed E-state index contributed by atoms with van der Waals surface area (Å²) in [4.78, 5) is 11.9. The fourth-order valence-electron chi connectivity index (χ4n) is 2.96. The first kappa shape index (κ1) is 21.1. The Labute approximate surface area is 170 Å². The van der Waals surface area contributed by atoms with Crippen LogP contribution in [0.25, 0.3) is 0 Å². The summed E-state index contributed by atoms with van der Waals surface area (Å²) in [6, 6.07) is 10.5. The van der Waals surface area contributed by atoms with Crippen molar-refractivity contribution in [2.45, 2.75) is 38.2 Å². The van der Waals surface area contributed by atoms with Gasteiger partial charge < -0.3 is 4.74 Å². The minimum absolute atomic E-state index is 0.00694. The standard InChI is InChI=1S/C19H22N2O6S2/c1-13(2)27-17-8-5-15(6-9-17)20-29(25,26)18-12-16(7-4-14(18)3)21-19(22)10-11-28(21,23)24/h4-9,12-13,20H,10-11H2,1-3H3. The van der Waals surface area contributed by atoms with Gasteiger partial charge in [-0.3, -0.25) is 9.52 Å². The van der Waals surface area contributed by atoms with Gasteiger partial charge in [0.2, 0.25) is 15.9 Å². The number of ether oxygens (including phenoxy) is 1. The number of hydrogen-bond acceptors (Lipinski definition) is 6. The molecule has 1 aliphatic heterocycles. The summed E-state index contributed by atoms with van der Waals surface area (Å²) in [5, 5.41) is 0. The Bertz CT molecular complexity index is 1140. The van der Waals surface area contributed by atoms with Crippen LogP contribution in [-0.4, -0.2) is 34.6 Å². The molecule has 0 unspecified atom stereocenters. The molecule has 1 N–H and O–H groups in total. The van der Waals surface area contributed by atoms with E-state index in [2.05, 4.69) is 4.72 Å². The third-order valence-electron chi connectivity index (χ3n) is 4.25. The number of anilines is 2. The lowest BCUT2D eigenvalue weighted by atomic mass is 10.2. The molecule has 1 amide bonds. The van der Waals surface area contributed by atoms with Crippen molar-refractivity contribution in [3.8, 4) is 5.75 Å². The molecule has 0 saturated carbocycles. The highest BCUT2D eigenvalue weighted by molar-refractivity contribution is 7.94. The van der Waals surface area contributed by atoms with Crippen molar-refractivity contribution in [1.29, 1.82) is 0 Å². The van der Waals surface area contributed by atoms with E-state index in [1.165, 1.54) is 18.2 Å². The smallest absolute Gasteiger partial charge is 0.262 e. The van der Waals surface area contributed by atoms with Gasteiger partial charge in [-0.2, -0.15) is 0 Å². The Balaban J connectivity index is 1.92. The van der Waals surface area contributed by atoms with E-state index in [0.717, 1.165) is 0 Å². The first-order valence-corrected chi connectivity index (χ1v) is 12.0. The Morgan fingerprint density at radius 2 is 1.76 bits per heavy atom. The lowest BCUT2D eigenvalue weighted by Gasteiger charge is -2.18. The van der Waals surface area contributed by atoms with E-state index in [9.17, 15) is 21.6 Å². The van der Waals surface area contributed by atoms with E-state index >= 15 is 0 Å². The summed E-state index contributed by atoms with van der Waals surface area (Å²) >= 11 is 0. The van der Waals surface area contributed by atoms with E-state index in [4.69, 9.17) is 4.74 Å². The van der Waals surface area contributed by atoms with Crippen molar-refractivity contribution in [2.24, 2.45) is 0 Å². The van der Waals surface area contributed by atoms with Crippen LogP contribution < -0.4 is 13.8 Å². The van der Waals surface area contributed by atoms with Crippen LogP contribution in [0.15, 0.2) is 47.4 Å². The second-order valence-corrected chi connectivity index (χ2v) is 10.6. The first-order chi connectivity index (χ1) is 13.5.